The summed E-state index contributed by atoms with van der Waals surface area (Å²) in [6.45, 7) is 13.6. The molecule has 0 unspecified atom stereocenters. The molecule has 0 bridgehead atoms. The third kappa shape index (κ3) is 6.97. The van der Waals surface area contributed by atoms with Crippen LogP contribution >= 0.6 is 0 Å². The van der Waals surface area contributed by atoms with Gasteiger partial charge < -0.3 is 14.1 Å². The van der Waals surface area contributed by atoms with E-state index >= 15 is 0 Å². The topological polar surface area (TPSA) is 25.6 Å². The van der Waals surface area contributed by atoms with Gasteiger partial charge in [0.05, 0.1) is 24.2 Å². The highest BCUT2D eigenvalue weighted by Gasteiger charge is 2.31. The minimum Gasteiger partial charge on any atom is -0.496 e. The van der Waals surface area contributed by atoms with E-state index in [0.29, 0.717) is 0 Å². The van der Waals surface area contributed by atoms with Crippen LogP contribution in [0, 0.1) is 41.5 Å². The van der Waals surface area contributed by atoms with Gasteiger partial charge in [-0.1, -0.05) is 189 Å². The number of hydrogen-bond acceptors (Lipinski definition) is 3. The Morgan fingerprint density at radius 2 is 1.00 bits per heavy atom. The quantitative estimate of drug-likeness (QED) is 0.136. The predicted octanol–water partition coefficient (Wildman–Crippen LogP) is 13.9. The van der Waals surface area contributed by atoms with Gasteiger partial charge in [0.1, 0.15) is 11.3 Å². The molecule has 0 saturated carbocycles. The molecule has 4 heteroatoms. The highest BCUT2D eigenvalue weighted by molar-refractivity contribution is 6.98. The monoisotopic (exact) mass is 815 g/mol. The van der Waals surface area contributed by atoms with Gasteiger partial charge in [0.25, 0.3) is 0 Å². The summed E-state index contributed by atoms with van der Waals surface area (Å²) in [6.07, 6.45) is 0. The maximum atomic E-state index is 6.71. The molecule has 63 heavy (non-hydrogen) atoms. The second-order valence-electron chi connectivity index (χ2n) is 17.2. The highest BCUT2D eigenvalue weighted by Crippen LogP contribution is 2.47. The van der Waals surface area contributed by atoms with Crippen molar-refractivity contribution in [2.45, 2.75) is 41.5 Å². The van der Waals surface area contributed by atoms with Crippen LogP contribution in [0.1, 0.15) is 33.4 Å². The van der Waals surface area contributed by atoms with Crippen molar-refractivity contribution < 1.29 is 9.15 Å². The molecule has 0 aliphatic carbocycles. The van der Waals surface area contributed by atoms with E-state index < -0.39 is 0 Å². The van der Waals surface area contributed by atoms with E-state index in [0.717, 1.165) is 67.0 Å². The molecule has 3 nitrogen and oxygen atoms in total. The van der Waals surface area contributed by atoms with Gasteiger partial charge in [-0.3, -0.25) is 0 Å². The summed E-state index contributed by atoms with van der Waals surface area (Å²) < 4.78 is 13.1. The van der Waals surface area contributed by atoms with Gasteiger partial charge in [0.2, 0.25) is 6.71 Å². The summed E-state index contributed by atoms with van der Waals surface area (Å²) >= 11 is 0. The first-order chi connectivity index (χ1) is 30.7. The van der Waals surface area contributed by atoms with Crippen LogP contribution < -0.4 is 26.0 Å². The lowest BCUT2D eigenvalue weighted by Crippen LogP contribution is -2.56. The van der Waals surface area contributed by atoms with E-state index in [1.807, 2.05) is 12.1 Å². The van der Waals surface area contributed by atoms with Crippen LogP contribution in [0.2, 0.25) is 0 Å². The molecule has 0 amide bonds. The number of nitrogens with zero attached hydrogens (tertiary/aromatic N) is 1. The Labute approximate surface area is 371 Å². The van der Waals surface area contributed by atoms with E-state index in [9.17, 15) is 0 Å². The lowest BCUT2D eigenvalue weighted by Gasteiger charge is -2.29. The molecular formula is C59H50BNO2. The van der Waals surface area contributed by atoms with Crippen LogP contribution in [0.15, 0.2) is 180 Å². The van der Waals surface area contributed by atoms with Crippen molar-refractivity contribution in [3.63, 3.8) is 0 Å². The smallest absolute Gasteiger partial charge is 0.243 e. The van der Waals surface area contributed by atoms with Crippen molar-refractivity contribution >= 4 is 72.9 Å². The fraction of sp³-hybridized carbons (Fsp3) is 0.119. The van der Waals surface area contributed by atoms with E-state index in [4.69, 9.17) is 9.15 Å². The predicted molar refractivity (Wildman–Crippen MR) is 269 cm³/mol. The molecule has 0 spiro atoms. The van der Waals surface area contributed by atoms with Crippen LogP contribution in [0.3, 0.4) is 0 Å². The molecule has 0 N–H and O–H groups in total. The number of aryl methyl sites for hydroxylation is 6. The maximum Gasteiger partial charge on any atom is 0.243 e. The second kappa shape index (κ2) is 16.2. The first-order valence-electron chi connectivity index (χ1n) is 21.9. The van der Waals surface area contributed by atoms with E-state index in [2.05, 4.69) is 210 Å². The Bertz CT molecular complexity index is 3260. The van der Waals surface area contributed by atoms with Crippen LogP contribution in [0.5, 0.6) is 5.75 Å². The van der Waals surface area contributed by atoms with Gasteiger partial charge in [-0.15, -0.1) is 0 Å². The first kappa shape index (κ1) is 39.8. The molecule has 0 fully saturated rings. The van der Waals surface area contributed by atoms with Crippen molar-refractivity contribution in [2.24, 2.45) is 0 Å². The number of methoxy groups -OCH3 is 1. The Morgan fingerprint density at radius 3 is 1.68 bits per heavy atom. The van der Waals surface area contributed by atoms with Crippen molar-refractivity contribution in [1.82, 2.24) is 0 Å². The van der Waals surface area contributed by atoms with Gasteiger partial charge >= 0.3 is 0 Å². The Hall–Kier alpha value is -7.30. The Balaban J connectivity index is 1.18. The molecule has 10 aromatic rings. The lowest BCUT2D eigenvalue weighted by atomic mass is 9.33. The summed E-state index contributed by atoms with van der Waals surface area (Å²) in [4.78, 5) is 2.32. The number of rotatable bonds is 9. The minimum absolute atomic E-state index is 0.0496. The molecule has 0 radical (unpaired) electrons. The largest absolute Gasteiger partial charge is 0.496 e. The van der Waals surface area contributed by atoms with Gasteiger partial charge in [-0.05, 0) is 93.8 Å². The molecular weight excluding hydrogens is 765 g/mol. The normalized spacial score (nSPS) is 11.4. The number of benzene rings is 9. The van der Waals surface area contributed by atoms with Crippen LogP contribution in [0.25, 0.3) is 55.0 Å². The van der Waals surface area contributed by atoms with E-state index in [-0.39, 0.29) is 6.71 Å². The third-order valence-corrected chi connectivity index (χ3v) is 12.9. The van der Waals surface area contributed by atoms with Crippen molar-refractivity contribution in [3.05, 3.63) is 209 Å². The van der Waals surface area contributed by atoms with E-state index in [1.54, 1.807) is 7.11 Å². The molecule has 1 aromatic heterocycles. The van der Waals surface area contributed by atoms with Gasteiger partial charge in [-0.25, -0.2) is 0 Å². The fourth-order valence-corrected chi connectivity index (χ4v) is 10.4. The Kier molecular flexibility index (Phi) is 10.2. The molecule has 1 heterocycles. The summed E-state index contributed by atoms with van der Waals surface area (Å²) in [5, 5.41) is 4.59. The summed E-state index contributed by atoms with van der Waals surface area (Å²) in [7, 11) is 1.78. The molecule has 306 valence electrons. The lowest BCUT2D eigenvalue weighted by molar-refractivity contribution is 0.416. The molecule has 0 aliphatic heterocycles. The number of furan rings is 1. The van der Waals surface area contributed by atoms with Crippen molar-refractivity contribution in [1.29, 1.82) is 0 Å². The number of hydrogen-bond donors (Lipinski definition) is 0. The standard InChI is InChI=1S/C59H50BNO2/c1-37-32-39(3)57(40(4)33-37)60(58-41(5)34-38(2)35-42(58)6)52-31-30-47(46-21-11-12-22-48(46)52)50-29-28-44(36-56(50)62-7)61(53-25-15-13-20-45(53)43-18-9-8-10-19-43)54-26-17-24-51-49-23-14-16-27-55(49)63-59(51)54/h8-36H,1-7H3. The molecule has 0 saturated heterocycles. The molecule has 0 aliphatic rings. The summed E-state index contributed by atoms with van der Waals surface area (Å²) in [6, 6.07) is 63.5. The summed E-state index contributed by atoms with van der Waals surface area (Å²) in [5.41, 5.74) is 21.0. The average Bonchev–Trinajstić information content (AvgIpc) is 3.68. The minimum atomic E-state index is 0.0496. The number of ether oxygens (including phenoxy) is 1. The van der Waals surface area contributed by atoms with Crippen LogP contribution in [-0.4, -0.2) is 13.8 Å². The average molecular weight is 816 g/mol. The van der Waals surface area contributed by atoms with Crippen LogP contribution in [0.4, 0.5) is 17.1 Å². The van der Waals surface area contributed by atoms with Crippen LogP contribution in [-0.2, 0) is 0 Å². The van der Waals surface area contributed by atoms with Crippen molar-refractivity contribution in [3.8, 4) is 28.0 Å². The number of fused-ring (bicyclic) bond motifs is 4. The third-order valence-electron chi connectivity index (χ3n) is 12.9. The zero-order valence-corrected chi connectivity index (χ0v) is 37.1. The highest BCUT2D eigenvalue weighted by atomic mass is 16.5. The van der Waals surface area contributed by atoms with Gasteiger partial charge in [0, 0.05) is 28.0 Å². The molecule has 9 aromatic carbocycles. The first-order valence-corrected chi connectivity index (χ1v) is 21.9. The fourth-order valence-electron chi connectivity index (χ4n) is 10.4. The molecule has 0 atom stereocenters. The van der Waals surface area contributed by atoms with Crippen molar-refractivity contribution in [2.75, 3.05) is 12.0 Å². The summed E-state index contributed by atoms with van der Waals surface area (Å²) in [5.74, 6) is 0.788. The van der Waals surface area contributed by atoms with Gasteiger partial charge in [0.15, 0.2) is 5.58 Å². The van der Waals surface area contributed by atoms with E-state index in [1.165, 1.54) is 60.5 Å². The van der Waals surface area contributed by atoms with Gasteiger partial charge in [-0.2, -0.15) is 0 Å². The maximum absolute atomic E-state index is 6.71. The Morgan fingerprint density at radius 1 is 0.444 bits per heavy atom. The zero-order valence-electron chi connectivity index (χ0n) is 37.1. The second-order valence-corrected chi connectivity index (χ2v) is 17.2. The number of anilines is 3. The number of para-hydroxylation sites is 3. The molecule has 10 rings (SSSR count). The SMILES string of the molecule is COc1cc(N(c2ccccc2-c2ccccc2)c2cccc3c2oc2ccccc23)ccc1-c1ccc(B(c2c(C)cc(C)cc2C)c2c(C)cc(C)cc2C)c2ccccc12. The zero-order chi connectivity index (χ0) is 43.4.